The van der Waals surface area contributed by atoms with E-state index in [9.17, 15) is 24.6 Å². The highest BCUT2D eigenvalue weighted by atomic mass is 16.5. The molecule has 30 heavy (non-hydrogen) atoms. The Morgan fingerprint density at radius 1 is 1.13 bits per heavy atom. The quantitative estimate of drug-likeness (QED) is 0.238. The van der Waals surface area contributed by atoms with Crippen LogP contribution >= 0.6 is 0 Å². The normalized spacial score (nSPS) is 18.3. The zero-order valence-corrected chi connectivity index (χ0v) is 19.1. The molecule has 2 N–H and O–H groups in total. The summed E-state index contributed by atoms with van der Waals surface area (Å²) in [4.78, 5) is 37.1. The predicted octanol–water partition coefficient (Wildman–Crippen LogP) is 4.68. The van der Waals surface area contributed by atoms with Gasteiger partial charge >= 0.3 is 11.9 Å². The van der Waals surface area contributed by atoms with Gasteiger partial charge in [0, 0.05) is 6.42 Å². The standard InChI is InChI=1S/C24H40O6/c1-5-6-16-23(2,3)17-15-20(26)24(22(28)29,18-11-7-8-12-18)19(25)13-9-10-14-21(27)30-4/h9-10,18-19,25H,5-8,11-17H2,1-4H3,(H,28,29)/t19-,24-/m1/s1. The van der Waals surface area contributed by atoms with E-state index in [1.54, 1.807) is 12.2 Å². The third-order valence-corrected chi connectivity index (χ3v) is 6.61. The summed E-state index contributed by atoms with van der Waals surface area (Å²) in [6.07, 6.45) is 8.80. The van der Waals surface area contributed by atoms with Crippen LogP contribution in [-0.4, -0.2) is 41.1 Å². The number of carbonyl (C=O) groups is 3. The number of carbonyl (C=O) groups excluding carboxylic acids is 2. The first-order chi connectivity index (χ1) is 14.1. The summed E-state index contributed by atoms with van der Waals surface area (Å²) in [7, 11) is 1.29. The third-order valence-electron chi connectivity index (χ3n) is 6.61. The summed E-state index contributed by atoms with van der Waals surface area (Å²) in [6.45, 7) is 6.35. The van der Waals surface area contributed by atoms with Crippen molar-refractivity contribution in [2.24, 2.45) is 16.7 Å². The minimum absolute atomic E-state index is 0.0186. The van der Waals surface area contributed by atoms with Gasteiger partial charge in [-0.1, -0.05) is 58.6 Å². The highest BCUT2D eigenvalue weighted by Gasteiger charge is 2.56. The summed E-state index contributed by atoms with van der Waals surface area (Å²) >= 11 is 0. The van der Waals surface area contributed by atoms with Crippen LogP contribution in [0.15, 0.2) is 12.2 Å². The minimum Gasteiger partial charge on any atom is -0.480 e. The number of esters is 1. The fourth-order valence-electron chi connectivity index (χ4n) is 4.62. The van der Waals surface area contributed by atoms with Gasteiger partial charge in [-0.05, 0) is 43.4 Å². The minimum atomic E-state index is -1.78. The van der Waals surface area contributed by atoms with E-state index in [0.717, 1.165) is 32.1 Å². The number of aliphatic hydroxyl groups is 1. The van der Waals surface area contributed by atoms with Crippen molar-refractivity contribution < 1.29 is 29.3 Å². The van der Waals surface area contributed by atoms with Crippen molar-refractivity contribution in [2.45, 2.75) is 97.5 Å². The molecular formula is C24H40O6. The molecule has 2 atom stereocenters. The van der Waals surface area contributed by atoms with Crippen molar-refractivity contribution in [1.29, 1.82) is 0 Å². The van der Waals surface area contributed by atoms with Crippen molar-refractivity contribution in [3.63, 3.8) is 0 Å². The van der Waals surface area contributed by atoms with Gasteiger partial charge in [-0.25, -0.2) is 0 Å². The van der Waals surface area contributed by atoms with Gasteiger partial charge in [-0.15, -0.1) is 0 Å². The van der Waals surface area contributed by atoms with Crippen LogP contribution in [-0.2, 0) is 19.1 Å². The molecule has 0 saturated heterocycles. The average Bonchev–Trinajstić information content (AvgIpc) is 3.23. The first-order valence-electron chi connectivity index (χ1n) is 11.3. The Kier molecular flexibility index (Phi) is 10.7. The van der Waals surface area contributed by atoms with E-state index in [0.29, 0.717) is 19.3 Å². The van der Waals surface area contributed by atoms with Gasteiger partial charge in [0.2, 0.25) is 0 Å². The Hall–Kier alpha value is -1.69. The fraction of sp³-hybridized carbons (Fsp3) is 0.792. The van der Waals surface area contributed by atoms with Crippen LogP contribution in [0.3, 0.4) is 0 Å². The largest absolute Gasteiger partial charge is 0.480 e. The number of hydrogen-bond acceptors (Lipinski definition) is 5. The van der Waals surface area contributed by atoms with Crippen LogP contribution in [0.1, 0.15) is 91.4 Å². The molecule has 1 fully saturated rings. The number of Topliss-reactive ketones (excluding diaryl/α,β-unsaturated/α-hetero) is 1. The van der Waals surface area contributed by atoms with E-state index >= 15 is 0 Å². The van der Waals surface area contributed by atoms with Gasteiger partial charge in [0.15, 0.2) is 11.2 Å². The van der Waals surface area contributed by atoms with Gasteiger partial charge < -0.3 is 14.9 Å². The number of rotatable bonds is 14. The molecule has 1 aliphatic rings. The lowest BCUT2D eigenvalue weighted by atomic mass is 9.64. The lowest BCUT2D eigenvalue weighted by molar-refractivity contribution is -0.169. The summed E-state index contributed by atoms with van der Waals surface area (Å²) < 4.78 is 4.57. The van der Waals surface area contributed by atoms with Crippen molar-refractivity contribution in [3.05, 3.63) is 12.2 Å². The molecule has 0 heterocycles. The Bertz CT molecular complexity index is 603. The molecular weight excluding hydrogens is 384 g/mol. The maximum atomic E-state index is 13.4. The molecule has 0 aromatic heterocycles. The molecule has 6 heteroatoms. The zero-order chi connectivity index (χ0) is 22.8. The predicted molar refractivity (Wildman–Crippen MR) is 116 cm³/mol. The van der Waals surface area contributed by atoms with E-state index in [1.165, 1.54) is 7.11 Å². The maximum absolute atomic E-state index is 13.4. The SMILES string of the molecule is CCCCC(C)(C)CCC(=O)[C@@](C(=O)O)(C1CCCC1)[C@H](O)CC=CCC(=O)OC. The second-order valence-electron chi connectivity index (χ2n) is 9.35. The van der Waals surface area contributed by atoms with E-state index in [-0.39, 0.29) is 36.4 Å². The van der Waals surface area contributed by atoms with Crippen LogP contribution in [0, 0.1) is 16.7 Å². The summed E-state index contributed by atoms with van der Waals surface area (Å²) in [5, 5.41) is 21.2. The van der Waals surface area contributed by atoms with Crippen LogP contribution in [0.2, 0.25) is 0 Å². The van der Waals surface area contributed by atoms with Crippen LogP contribution in [0.5, 0.6) is 0 Å². The van der Waals surface area contributed by atoms with E-state index < -0.39 is 23.5 Å². The number of carboxylic acid groups (broad SMARTS) is 1. The highest BCUT2D eigenvalue weighted by molar-refractivity contribution is 6.04. The number of aliphatic carboxylic acids is 1. The fourth-order valence-corrected chi connectivity index (χ4v) is 4.62. The number of aliphatic hydroxyl groups excluding tert-OH is 1. The molecule has 0 aliphatic heterocycles. The number of hydrogen-bond donors (Lipinski definition) is 2. The number of ketones is 1. The monoisotopic (exact) mass is 424 g/mol. The molecule has 0 aromatic rings. The van der Waals surface area contributed by atoms with Gasteiger partial charge in [-0.3, -0.25) is 14.4 Å². The summed E-state index contributed by atoms with van der Waals surface area (Å²) in [6, 6.07) is 0. The second-order valence-corrected chi connectivity index (χ2v) is 9.35. The highest BCUT2D eigenvalue weighted by Crippen LogP contribution is 2.46. The topological polar surface area (TPSA) is 101 Å². The van der Waals surface area contributed by atoms with Crippen molar-refractivity contribution >= 4 is 17.7 Å². The molecule has 0 aromatic carbocycles. The Morgan fingerprint density at radius 2 is 1.77 bits per heavy atom. The third kappa shape index (κ3) is 6.93. The van der Waals surface area contributed by atoms with Crippen molar-refractivity contribution in [2.75, 3.05) is 7.11 Å². The molecule has 0 unspecified atom stereocenters. The van der Waals surface area contributed by atoms with E-state index in [4.69, 9.17) is 0 Å². The molecule has 0 spiro atoms. The van der Waals surface area contributed by atoms with Crippen molar-refractivity contribution in [3.8, 4) is 0 Å². The Morgan fingerprint density at radius 3 is 2.30 bits per heavy atom. The number of unbranched alkanes of at least 4 members (excludes halogenated alkanes) is 1. The molecule has 0 amide bonds. The van der Waals surface area contributed by atoms with Gasteiger partial charge in [-0.2, -0.15) is 0 Å². The van der Waals surface area contributed by atoms with E-state index in [1.807, 2.05) is 0 Å². The van der Waals surface area contributed by atoms with Crippen LogP contribution in [0.4, 0.5) is 0 Å². The zero-order valence-electron chi connectivity index (χ0n) is 19.1. The summed E-state index contributed by atoms with van der Waals surface area (Å²) in [5.74, 6) is -2.35. The van der Waals surface area contributed by atoms with E-state index in [2.05, 4.69) is 25.5 Å². The molecule has 172 valence electrons. The number of ether oxygens (including phenoxy) is 1. The lowest BCUT2D eigenvalue weighted by Crippen LogP contribution is -2.53. The maximum Gasteiger partial charge on any atom is 0.320 e. The van der Waals surface area contributed by atoms with Crippen LogP contribution < -0.4 is 0 Å². The second kappa shape index (κ2) is 12.2. The van der Waals surface area contributed by atoms with Gasteiger partial charge in [0.25, 0.3) is 0 Å². The number of carboxylic acids is 1. The first kappa shape index (κ1) is 26.3. The molecule has 1 saturated carbocycles. The number of methoxy groups -OCH3 is 1. The molecule has 0 radical (unpaired) electrons. The van der Waals surface area contributed by atoms with Crippen molar-refractivity contribution in [1.82, 2.24) is 0 Å². The average molecular weight is 425 g/mol. The molecule has 1 rings (SSSR count). The first-order valence-corrected chi connectivity index (χ1v) is 11.3. The Balaban J connectivity index is 3.03. The molecule has 0 bridgehead atoms. The smallest absolute Gasteiger partial charge is 0.320 e. The Labute approximate surface area is 181 Å². The molecule has 6 nitrogen and oxygen atoms in total. The summed E-state index contributed by atoms with van der Waals surface area (Å²) in [5.41, 5.74) is -1.83. The van der Waals surface area contributed by atoms with Gasteiger partial charge in [0.05, 0.1) is 19.6 Å². The van der Waals surface area contributed by atoms with Gasteiger partial charge in [0.1, 0.15) is 0 Å². The van der Waals surface area contributed by atoms with Crippen LogP contribution in [0.25, 0.3) is 0 Å². The molecule has 1 aliphatic carbocycles. The lowest BCUT2D eigenvalue weighted by Gasteiger charge is -2.38.